The molecule has 0 aliphatic heterocycles. The number of carbonyl (C=O) groups excluding carboxylic acids is 1. The fourth-order valence-corrected chi connectivity index (χ4v) is 3.52. The van der Waals surface area contributed by atoms with Gasteiger partial charge >= 0.3 is 0 Å². The van der Waals surface area contributed by atoms with E-state index in [-0.39, 0.29) is 5.97 Å². The van der Waals surface area contributed by atoms with E-state index in [1.54, 1.807) is 0 Å². The molecule has 0 atom stereocenters. The number of hydrogen-bond acceptors (Lipinski definition) is 2. The molecule has 142 valence electrons. The molecule has 0 unspecified atom stereocenters. The van der Waals surface area contributed by atoms with Crippen molar-refractivity contribution in [1.29, 1.82) is 0 Å². The Morgan fingerprint density at radius 2 is 1.21 bits per heavy atom. The van der Waals surface area contributed by atoms with Gasteiger partial charge in [-0.15, -0.1) is 0 Å². The summed E-state index contributed by atoms with van der Waals surface area (Å²) < 4.78 is 5.44. The van der Waals surface area contributed by atoms with Gasteiger partial charge in [-0.25, -0.2) is 0 Å². The maximum atomic E-state index is 11.6. The van der Waals surface area contributed by atoms with Gasteiger partial charge in [-0.1, -0.05) is 70.4 Å². The second kappa shape index (κ2) is 15.9. The molecule has 0 saturated carbocycles. The van der Waals surface area contributed by atoms with Crippen molar-refractivity contribution in [2.24, 2.45) is 0 Å². The monoisotopic (exact) mass is 354 g/mol. The first-order chi connectivity index (χ1) is 11.5. The standard InChI is InChI=1S/C21H42O2Si/c1-5-6-7-8-9-10-11-12-13-14-15-16-17-18-19-20-21(22)23-24(2,3)4/h15-16H,5-14,17-20H2,1-4H3/b16-15-. The molecule has 0 aliphatic carbocycles. The molecule has 3 heteroatoms. The summed E-state index contributed by atoms with van der Waals surface area (Å²) in [5.41, 5.74) is 0. The third-order valence-electron chi connectivity index (χ3n) is 4.06. The Hall–Kier alpha value is -0.573. The molecule has 0 aromatic heterocycles. The summed E-state index contributed by atoms with van der Waals surface area (Å²) >= 11 is 0. The van der Waals surface area contributed by atoms with Gasteiger partial charge in [0, 0.05) is 6.42 Å². The lowest BCUT2D eigenvalue weighted by molar-refractivity contribution is -0.135. The van der Waals surface area contributed by atoms with E-state index in [2.05, 4.69) is 38.7 Å². The van der Waals surface area contributed by atoms with Gasteiger partial charge in [0.2, 0.25) is 8.32 Å². The fraction of sp³-hybridized carbons (Fsp3) is 0.857. The molecular formula is C21H42O2Si. The first-order valence-electron chi connectivity index (χ1n) is 10.3. The first kappa shape index (κ1) is 23.4. The van der Waals surface area contributed by atoms with Crippen molar-refractivity contribution < 1.29 is 9.22 Å². The lowest BCUT2D eigenvalue weighted by Gasteiger charge is -2.16. The molecule has 0 rings (SSSR count). The van der Waals surface area contributed by atoms with Crippen LogP contribution in [0.3, 0.4) is 0 Å². The molecule has 0 radical (unpaired) electrons. The summed E-state index contributed by atoms with van der Waals surface area (Å²) in [6, 6.07) is 0. The van der Waals surface area contributed by atoms with E-state index in [0.29, 0.717) is 6.42 Å². The van der Waals surface area contributed by atoms with Crippen molar-refractivity contribution >= 4 is 14.3 Å². The zero-order chi connectivity index (χ0) is 18.1. The average molecular weight is 355 g/mol. The SMILES string of the molecule is CCCCCCCCCCC/C=C\CCCCC(=O)O[Si](C)(C)C. The van der Waals surface area contributed by atoms with Gasteiger partial charge in [-0.2, -0.15) is 0 Å². The van der Waals surface area contributed by atoms with Crippen LogP contribution in [-0.4, -0.2) is 14.3 Å². The van der Waals surface area contributed by atoms with Crippen LogP contribution >= 0.6 is 0 Å². The zero-order valence-electron chi connectivity index (χ0n) is 16.9. The Kier molecular flexibility index (Phi) is 15.5. The van der Waals surface area contributed by atoms with E-state index in [4.69, 9.17) is 4.43 Å². The van der Waals surface area contributed by atoms with Crippen molar-refractivity contribution in [3.05, 3.63) is 12.2 Å². The van der Waals surface area contributed by atoms with Crippen molar-refractivity contribution in [2.75, 3.05) is 0 Å². The number of rotatable bonds is 16. The molecule has 0 fully saturated rings. The van der Waals surface area contributed by atoms with Gasteiger partial charge in [0.15, 0.2) is 0 Å². The predicted molar refractivity (Wildman–Crippen MR) is 109 cm³/mol. The van der Waals surface area contributed by atoms with Gasteiger partial charge in [-0.05, 0) is 51.7 Å². The van der Waals surface area contributed by atoms with Gasteiger partial charge in [0.25, 0.3) is 5.97 Å². The van der Waals surface area contributed by atoms with Crippen LogP contribution in [0.2, 0.25) is 19.6 Å². The number of unbranched alkanes of at least 4 members (excludes halogenated alkanes) is 11. The van der Waals surface area contributed by atoms with E-state index in [9.17, 15) is 4.79 Å². The lowest BCUT2D eigenvalue weighted by Crippen LogP contribution is -2.28. The smallest absolute Gasteiger partial charge is 0.292 e. The molecule has 0 heterocycles. The molecule has 0 aromatic rings. The lowest BCUT2D eigenvalue weighted by atomic mass is 10.1. The highest BCUT2D eigenvalue weighted by molar-refractivity contribution is 6.71. The highest BCUT2D eigenvalue weighted by Crippen LogP contribution is 2.11. The maximum Gasteiger partial charge on any atom is 0.292 e. The zero-order valence-corrected chi connectivity index (χ0v) is 17.9. The first-order valence-corrected chi connectivity index (χ1v) is 13.7. The Labute approximate surface area is 152 Å². The molecule has 24 heavy (non-hydrogen) atoms. The van der Waals surface area contributed by atoms with Crippen molar-refractivity contribution in [2.45, 2.75) is 116 Å². The van der Waals surface area contributed by atoms with E-state index in [1.807, 2.05) is 0 Å². The summed E-state index contributed by atoms with van der Waals surface area (Å²) in [6.45, 7) is 8.44. The number of carbonyl (C=O) groups is 1. The van der Waals surface area contributed by atoms with Gasteiger partial charge < -0.3 is 4.43 Å². The molecular weight excluding hydrogens is 312 g/mol. The number of hydrogen-bond donors (Lipinski definition) is 0. The molecule has 0 spiro atoms. The van der Waals surface area contributed by atoms with Crippen LogP contribution in [0.5, 0.6) is 0 Å². The van der Waals surface area contributed by atoms with Crippen molar-refractivity contribution in [3.63, 3.8) is 0 Å². The largest absolute Gasteiger partial charge is 0.520 e. The van der Waals surface area contributed by atoms with Crippen LogP contribution in [0.15, 0.2) is 12.2 Å². The van der Waals surface area contributed by atoms with Crippen LogP contribution in [0.25, 0.3) is 0 Å². The molecule has 0 saturated heterocycles. The molecule has 0 amide bonds. The third kappa shape index (κ3) is 19.5. The summed E-state index contributed by atoms with van der Waals surface area (Å²) in [7, 11) is -1.69. The minimum absolute atomic E-state index is 0.00663. The normalized spacial score (nSPS) is 12.0. The van der Waals surface area contributed by atoms with E-state index in [1.165, 1.54) is 64.2 Å². The predicted octanol–water partition coefficient (Wildman–Crippen LogP) is 7.40. The Morgan fingerprint density at radius 3 is 1.71 bits per heavy atom. The van der Waals surface area contributed by atoms with Crippen LogP contribution in [0, 0.1) is 0 Å². The second-order valence-corrected chi connectivity index (χ2v) is 12.3. The molecule has 2 nitrogen and oxygen atoms in total. The van der Waals surface area contributed by atoms with Gasteiger partial charge in [0.1, 0.15) is 0 Å². The van der Waals surface area contributed by atoms with Crippen LogP contribution in [0.4, 0.5) is 0 Å². The van der Waals surface area contributed by atoms with Crippen LogP contribution < -0.4 is 0 Å². The Morgan fingerprint density at radius 1 is 0.750 bits per heavy atom. The summed E-state index contributed by atoms with van der Waals surface area (Å²) in [5.74, 6) is -0.00663. The van der Waals surface area contributed by atoms with Gasteiger partial charge in [-0.3, -0.25) is 4.79 Å². The van der Waals surface area contributed by atoms with Gasteiger partial charge in [0.05, 0.1) is 0 Å². The molecule has 0 aliphatic rings. The highest BCUT2D eigenvalue weighted by atomic mass is 28.4. The maximum absolute atomic E-state index is 11.6. The summed E-state index contributed by atoms with van der Waals surface area (Å²) in [5, 5.41) is 0. The van der Waals surface area contributed by atoms with Crippen molar-refractivity contribution in [1.82, 2.24) is 0 Å². The topological polar surface area (TPSA) is 26.3 Å². The summed E-state index contributed by atoms with van der Waals surface area (Å²) in [6.07, 6.45) is 22.1. The minimum atomic E-state index is -1.69. The van der Waals surface area contributed by atoms with Crippen LogP contribution in [0.1, 0.15) is 96.8 Å². The van der Waals surface area contributed by atoms with E-state index >= 15 is 0 Å². The fourth-order valence-electron chi connectivity index (χ4n) is 2.73. The Bertz CT molecular complexity index is 318. The van der Waals surface area contributed by atoms with Crippen LogP contribution in [-0.2, 0) is 9.22 Å². The molecule has 0 N–H and O–H groups in total. The second-order valence-electron chi connectivity index (χ2n) is 7.92. The molecule has 0 bridgehead atoms. The van der Waals surface area contributed by atoms with E-state index in [0.717, 1.165) is 19.3 Å². The summed E-state index contributed by atoms with van der Waals surface area (Å²) in [4.78, 5) is 11.6. The Balaban J connectivity index is 3.26. The van der Waals surface area contributed by atoms with Crippen molar-refractivity contribution in [3.8, 4) is 0 Å². The quantitative estimate of drug-likeness (QED) is 0.164. The minimum Gasteiger partial charge on any atom is -0.520 e. The number of allylic oxidation sites excluding steroid dienone is 2. The van der Waals surface area contributed by atoms with E-state index < -0.39 is 8.32 Å². The highest BCUT2D eigenvalue weighted by Gasteiger charge is 2.19. The molecule has 0 aromatic carbocycles. The average Bonchev–Trinajstić information content (AvgIpc) is 2.49. The third-order valence-corrected chi connectivity index (χ3v) is 4.90.